The third-order valence-electron chi connectivity index (χ3n) is 6.65. The standard InChI is InChI=1S/C25H25FN4O3/c1-15-10-12-29-20(14-15)27-22(16-6-8-17(26)9-7-16)23(29)28-21(31)11-13-30-24(32)18-4-2-3-5-19(18)25(30)33/h6-10,12,14,18-19H,2-5,11,13H2,1H3,(H,28,31)/t18-,19+. The summed E-state index contributed by atoms with van der Waals surface area (Å²) in [6, 6.07) is 9.72. The van der Waals surface area contributed by atoms with E-state index in [9.17, 15) is 18.8 Å². The van der Waals surface area contributed by atoms with Gasteiger partial charge in [-0.2, -0.15) is 0 Å². The number of imide groups is 1. The predicted molar refractivity (Wildman–Crippen MR) is 121 cm³/mol. The highest BCUT2D eigenvalue weighted by Gasteiger charge is 2.47. The Kier molecular flexibility index (Phi) is 5.44. The Labute approximate surface area is 190 Å². The van der Waals surface area contributed by atoms with Gasteiger partial charge in [0, 0.05) is 24.7 Å². The van der Waals surface area contributed by atoms with Crippen LogP contribution in [0, 0.1) is 24.6 Å². The first kappa shape index (κ1) is 21.3. The second kappa shape index (κ2) is 8.42. The van der Waals surface area contributed by atoms with Gasteiger partial charge in [0.1, 0.15) is 23.0 Å². The van der Waals surface area contributed by atoms with Gasteiger partial charge in [0.25, 0.3) is 0 Å². The molecule has 7 nitrogen and oxygen atoms in total. The van der Waals surface area contributed by atoms with E-state index < -0.39 is 0 Å². The molecule has 33 heavy (non-hydrogen) atoms. The van der Waals surface area contributed by atoms with Crippen molar-refractivity contribution in [2.45, 2.75) is 39.0 Å². The molecule has 1 saturated heterocycles. The van der Waals surface area contributed by atoms with Crippen LogP contribution < -0.4 is 5.32 Å². The SMILES string of the molecule is Cc1ccn2c(NC(=O)CCN3C(=O)[C@H]4CCCC[C@H]4C3=O)c(-c3ccc(F)cc3)nc2c1. The Morgan fingerprint density at radius 2 is 1.76 bits per heavy atom. The van der Waals surface area contributed by atoms with Crippen LogP contribution in [-0.4, -0.2) is 38.6 Å². The van der Waals surface area contributed by atoms with Crippen molar-refractivity contribution in [3.63, 3.8) is 0 Å². The number of imidazole rings is 1. The van der Waals surface area contributed by atoms with E-state index in [1.807, 2.05) is 25.3 Å². The lowest BCUT2D eigenvalue weighted by Gasteiger charge is -2.19. The molecule has 2 aliphatic rings. The number of hydrogen-bond donors (Lipinski definition) is 1. The minimum atomic E-state index is -0.357. The van der Waals surface area contributed by atoms with Gasteiger partial charge in [-0.25, -0.2) is 9.37 Å². The van der Waals surface area contributed by atoms with Gasteiger partial charge in [-0.3, -0.25) is 23.7 Å². The third kappa shape index (κ3) is 3.90. The van der Waals surface area contributed by atoms with Gasteiger partial charge in [-0.05, 0) is 61.7 Å². The molecule has 0 spiro atoms. The second-order valence-corrected chi connectivity index (χ2v) is 8.87. The fourth-order valence-electron chi connectivity index (χ4n) is 4.93. The van der Waals surface area contributed by atoms with Crippen LogP contribution in [-0.2, 0) is 14.4 Å². The molecule has 3 heterocycles. The van der Waals surface area contributed by atoms with E-state index in [1.165, 1.54) is 17.0 Å². The van der Waals surface area contributed by atoms with Gasteiger partial charge in [0.15, 0.2) is 0 Å². The summed E-state index contributed by atoms with van der Waals surface area (Å²) in [4.78, 5) is 44.2. The molecule has 1 N–H and O–H groups in total. The minimum Gasteiger partial charge on any atom is -0.310 e. The lowest BCUT2D eigenvalue weighted by Crippen LogP contribution is -2.34. The second-order valence-electron chi connectivity index (χ2n) is 8.87. The molecule has 0 unspecified atom stereocenters. The van der Waals surface area contributed by atoms with Crippen molar-refractivity contribution in [2.75, 3.05) is 11.9 Å². The van der Waals surface area contributed by atoms with Crippen LogP contribution in [0.15, 0.2) is 42.6 Å². The Morgan fingerprint density at radius 1 is 1.09 bits per heavy atom. The summed E-state index contributed by atoms with van der Waals surface area (Å²) < 4.78 is 15.2. The first-order valence-electron chi connectivity index (χ1n) is 11.3. The van der Waals surface area contributed by atoms with Crippen molar-refractivity contribution in [2.24, 2.45) is 11.8 Å². The van der Waals surface area contributed by atoms with Gasteiger partial charge in [0.05, 0.1) is 11.8 Å². The lowest BCUT2D eigenvalue weighted by atomic mass is 9.81. The number of nitrogens with one attached hydrogen (secondary N) is 1. The predicted octanol–water partition coefficient (Wildman–Crippen LogP) is 3.95. The summed E-state index contributed by atoms with van der Waals surface area (Å²) in [5, 5.41) is 2.90. The number of pyridine rings is 1. The molecule has 0 bridgehead atoms. The van der Waals surface area contributed by atoms with Crippen molar-refractivity contribution < 1.29 is 18.8 Å². The molecule has 170 valence electrons. The van der Waals surface area contributed by atoms with Crippen molar-refractivity contribution >= 4 is 29.2 Å². The number of rotatable bonds is 5. The molecule has 3 aromatic rings. The number of aryl methyl sites for hydroxylation is 1. The number of aromatic nitrogens is 2. The molecule has 1 aliphatic heterocycles. The van der Waals surface area contributed by atoms with Crippen molar-refractivity contribution in [3.05, 3.63) is 54.0 Å². The molecule has 5 rings (SSSR count). The molecule has 1 saturated carbocycles. The molecule has 2 fully saturated rings. The van der Waals surface area contributed by atoms with E-state index in [0.29, 0.717) is 22.7 Å². The monoisotopic (exact) mass is 448 g/mol. The summed E-state index contributed by atoms with van der Waals surface area (Å²) in [5.41, 5.74) is 2.86. The van der Waals surface area contributed by atoms with Crippen LogP contribution in [0.5, 0.6) is 0 Å². The highest BCUT2D eigenvalue weighted by atomic mass is 19.1. The zero-order chi connectivity index (χ0) is 23.1. The van der Waals surface area contributed by atoms with Crippen molar-refractivity contribution in [1.29, 1.82) is 0 Å². The van der Waals surface area contributed by atoms with E-state index in [1.54, 1.807) is 16.5 Å². The van der Waals surface area contributed by atoms with E-state index in [2.05, 4.69) is 10.3 Å². The van der Waals surface area contributed by atoms with Gasteiger partial charge in [-0.15, -0.1) is 0 Å². The summed E-state index contributed by atoms with van der Waals surface area (Å²) in [6.45, 7) is 2.02. The highest BCUT2D eigenvalue weighted by molar-refractivity contribution is 6.05. The number of amides is 3. The highest BCUT2D eigenvalue weighted by Crippen LogP contribution is 2.38. The maximum absolute atomic E-state index is 13.4. The average Bonchev–Trinajstić information content (AvgIpc) is 3.27. The molecule has 0 radical (unpaired) electrons. The topological polar surface area (TPSA) is 83.8 Å². The first-order valence-corrected chi connectivity index (χ1v) is 11.3. The maximum Gasteiger partial charge on any atom is 0.233 e. The molecule has 2 aromatic heterocycles. The normalized spacial score (nSPS) is 20.4. The van der Waals surface area contributed by atoms with Crippen LogP contribution in [0.4, 0.5) is 10.2 Å². The van der Waals surface area contributed by atoms with Crippen LogP contribution in [0.1, 0.15) is 37.7 Å². The van der Waals surface area contributed by atoms with Crippen LogP contribution in [0.25, 0.3) is 16.9 Å². The Morgan fingerprint density at radius 3 is 2.42 bits per heavy atom. The van der Waals surface area contributed by atoms with Crippen LogP contribution >= 0.6 is 0 Å². The largest absolute Gasteiger partial charge is 0.310 e. The molecular weight excluding hydrogens is 423 g/mol. The molecule has 3 amide bonds. The van der Waals surface area contributed by atoms with Gasteiger partial charge >= 0.3 is 0 Å². The molecule has 2 atom stereocenters. The number of benzene rings is 1. The molecular formula is C25H25FN4O3. The smallest absolute Gasteiger partial charge is 0.233 e. The minimum absolute atomic E-state index is 0.00112. The summed E-state index contributed by atoms with van der Waals surface area (Å²) >= 11 is 0. The summed E-state index contributed by atoms with van der Waals surface area (Å²) in [7, 11) is 0. The third-order valence-corrected chi connectivity index (χ3v) is 6.65. The Hall–Kier alpha value is -3.55. The number of nitrogens with zero attached hydrogens (tertiary/aromatic N) is 3. The average molecular weight is 448 g/mol. The van der Waals surface area contributed by atoms with Gasteiger partial charge in [-0.1, -0.05) is 12.8 Å². The molecule has 1 aromatic carbocycles. The molecule has 8 heteroatoms. The Bertz CT molecular complexity index is 1230. The van der Waals surface area contributed by atoms with E-state index in [0.717, 1.165) is 31.2 Å². The quantitative estimate of drug-likeness (QED) is 0.599. The lowest BCUT2D eigenvalue weighted by molar-refractivity contribution is -0.140. The number of likely N-dealkylation sites (tertiary alicyclic amines) is 1. The zero-order valence-electron chi connectivity index (χ0n) is 18.4. The number of carbonyl (C=O) groups excluding carboxylic acids is 3. The van der Waals surface area contributed by atoms with Crippen molar-refractivity contribution in [1.82, 2.24) is 14.3 Å². The van der Waals surface area contributed by atoms with Gasteiger partial charge in [0.2, 0.25) is 17.7 Å². The molecule has 1 aliphatic carbocycles. The van der Waals surface area contributed by atoms with E-state index >= 15 is 0 Å². The number of fused-ring (bicyclic) bond motifs is 2. The first-order chi connectivity index (χ1) is 15.9. The van der Waals surface area contributed by atoms with Gasteiger partial charge < -0.3 is 5.32 Å². The van der Waals surface area contributed by atoms with Crippen LogP contribution in [0.2, 0.25) is 0 Å². The fraction of sp³-hybridized carbons (Fsp3) is 0.360. The number of halogens is 1. The van der Waals surface area contributed by atoms with Crippen molar-refractivity contribution in [3.8, 4) is 11.3 Å². The van der Waals surface area contributed by atoms with Crippen LogP contribution in [0.3, 0.4) is 0 Å². The van der Waals surface area contributed by atoms with E-state index in [4.69, 9.17) is 0 Å². The number of hydrogen-bond acceptors (Lipinski definition) is 4. The number of anilines is 1. The summed E-state index contributed by atoms with van der Waals surface area (Å²) in [5.74, 6) is -0.942. The maximum atomic E-state index is 13.4. The zero-order valence-corrected chi connectivity index (χ0v) is 18.4. The summed E-state index contributed by atoms with van der Waals surface area (Å²) in [6.07, 6.45) is 5.25. The fourth-order valence-corrected chi connectivity index (χ4v) is 4.93. The number of carbonyl (C=O) groups is 3. The Balaban J connectivity index is 1.37. The van der Waals surface area contributed by atoms with E-state index in [-0.39, 0.29) is 48.3 Å².